The molecule has 0 saturated carbocycles. The molecule has 0 saturated heterocycles. The summed E-state index contributed by atoms with van der Waals surface area (Å²) in [5, 5.41) is 9.62. The van der Waals surface area contributed by atoms with E-state index >= 15 is 0 Å². The molecule has 2 aromatic rings. The molecule has 76 valence electrons. The molecule has 0 fully saturated rings. The lowest BCUT2D eigenvalue weighted by molar-refractivity contribution is 0.176. The second-order valence-electron chi connectivity index (χ2n) is 3.83. The zero-order valence-electron chi connectivity index (χ0n) is 8.18. The fraction of sp³-hybridized carbons (Fsp3) is 0.250. The molecule has 2 heterocycles. The van der Waals surface area contributed by atoms with Crippen LogP contribution >= 0.6 is 0 Å². The number of furan rings is 1. The predicted octanol–water partition coefficient (Wildman–Crippen LogP) is 2.32. The lowest BCUT2D eigenvalue weighted by Gasteiger charge is -2.03. The third-order valence-electron chi connectivity index (χ3n) is 2.86. The van der Waals surface area contributed by atoms with Crippen molar-refractivity contribution in [3.05, 3.63) is 42.1 Å². The highest BCUT2D eigenvalue weighted by atomic mass is 16.3. The number of aromatic nitrogens is 1. The molecule has 2 aromatic heterocycles. The van der Waals surface area contributed by atoms with Gasteiger partial charge in [0.15, 0.2) is 0 Å². The SMILES string of the molecule is OC1CCc2cc(-c3ccoc3)cnc21. The molecule has 0 radical (unpaired) electrons. The van der Waals surface area contributed by atoms with E-state index in [4.69, 9.17) is 4.42 Å². The van der Waals surface area contributed by atoms with Gasteiger partial charge in [-0.2, -0.15) is 0 Å². The summed E-state index contributed by atoms with van der Waals surface area (Å²) in [6.45, 7) is 0. The molecule has 3 rings (SSSR count). The lowest BCUT2D eigenvalue weighted by atomic mass is 10.1. The van der Waals surface area contributed by atoms with Crippen LogP contribution in [0.25, 0.3) is 11.1 Å². The van der Waals surface area contributed by atoms with Gasteiger partial charge < -0.3 is 9.52 Å². The quantitative estimate of drug-likeness (QED) is 0.770. The number of aliphatic hydroxyl groups is 1. The minimum atomic E-state index is -0.376. The maximum atomic E-state index is 9.62. The third kappa shape index (κ3) is 1.36. The van der Waals surface area contributed by atoms with Gasteiger partial charge in [0, 0.05) is 17.3 Å². The van der Waals surface area contributed by atoms with E-state index in [0.717, 1.165) is 35.2 Å². The Morgan fingerprint density at radius 3 is 3.13 bits per heavy atom. The van der Waals surface area contributed by atoms with Crippen LogP contribution < -0.4 is 0 Å². The van der Waals surface area contributed by atoms with Crippen LogP contribution in [0.2, 0.25) is 0 Å². The number of rotatable bonds is 1. The van der Waals surface area contributed by atoms with Crippen molar-refractivity contribution >= 4 is 0 Å². The Hall–Kier alpha value is -1.61. The molecule has 1 atom stereocenters. The summed E-state index contributed by atoms with van der Waals surface area (Å²) >= 11 is 0. The summed E-state index contributed by atoms with van der Waals surface area (Å²) in [6.07, 6.45) is 6.47. The van der Waals surface area contributed by atoms with E-state index in [1.807, 2.05) is 6.07 Å². The van der Waals surface area contributed by atoms with Crippen molar-refractivity contribution in [3.8, 4) is 11.1 Å². The molecule has 0 amide bonds. The van der Waals surface area contributed by atoms with Crippen molar-refractivity contribution in [3.63, 3.8) is 0 Å². The number of hydrogen-bond donors (Lipinski definition) is 1. The number of fused-ring (bicyclic) bond motifs is 1. The molecule has 15 heavy (non-hydrogen) atoms. The molecule has 1 aliphatic carbocycles. The zero-order chi connectivity index (χ0) is 10.3. The summed E-state index contributed by atoms with van der Waals surface area (Å²) in [4.78, 5) is 4.30. The second kappa shape index (κ2) is 3.21. The Balaban J connectivity index is 2.07. The molecule has 0 aliphatic heterocycles. The molecular formula is C12H11NO2. The third-order valence-corrected chi connectivity index (χ3v) is 2.86. The van der Waals surface area contributed by atoms with Gasteiger partial charge in [-0.1, -0.05) is 0 Å². The van der Waals surface area contributed by atoms with E-state index in [2.05, 4.69) is 11.1 Å². The van der Waals surface area contributed by atoms with Crippen LogP contribution in [0, 0.1) is 0 Å². The van der Waals surface area contributed by atoms with E-state index < -0.39 is 0 Å². The van der Waals surface area contributed by atoms with E-state index in [1.165, 1.54) is 0 Å². The standard InChI is InChI=1S/C12H11NO2/c14-11-2-1-8-5-10(6-13-12(8)11)9-3-4-15-7-9/h3-7,11,14H,1-2H2. The van der Waals surface area contributed by atoms with Crippen molar-refractivity contribution in [2.24, 2.45) is 0 Å². The Morgan fingerprint density at radius 2 is 2.33 bits per heavy atom. The molecular weight excluding hydrogens is 190 g/mol. The number of nitrogens with zero attached hydrogens (tertiary/aromatic N) is 1. The van der Waals surface area contributed by atoms with Crippen molar-refractivity contribution in [1.82, 2.24) is 4.98 Å². The van der Waals surface area contributed by atoms with Crippen LogP contribution in [0.1, 0.15) is 23.8 Å². The Bertz CT molecular complexity index is 476. The van der Waals surface area contributed by atoms with Crippen LogP contribution in [-0.4, -0.2) is 10.1 Å². The largest absolute Gasteiger partial charge is 0.472 e. The average molecular weight is 201 g/mol. The summed E-state index contributed by atoms with van der Waals surface area (Å²) < 4.78 is 5.03. The zero-order valence-corrected chi connectivity index (χ0v) is 8.18. The van der Waals surface area contributed by atoms with Crippen molar-refractivity contribution in [1.29, 1.82) is 0 Å². The van der Waals surface area contributed by atoms with Gasteiger partial charge >= 0.3 is 0 Å². The summed E-state index contributed by atoms with van der Waals surface area (Å²) in [5.41, 5.74) is 4.08. The van der Waals surface area contributed by atoms with Crippen LogP contribution in [0.5, 0.6) is 0 Å². The monoisotopic (exact) mass is 201 g/mol. The fourth-order valence-corrected chi connectivity index (χ4v) is 2.04. The van der Waals surface area contributed by atoms with Gasteiger partial charge in [0.2, 0.25) is 0 Å². The molecule has 1 aliphatic rings. The molecule has 1 unspecified atom stereocenters. The van der Waals surface area contributed by atoms with E-state index in [1.54, 1.807) is 18.7 Å². The Labute approximate surface area is 87.4 Å². The van der Waals surface area contributed by atoms with E-state index in [-0.39, 0.29) is 6.10 Å². The highest BCUT2D eigenvalue weighted by Gasteiger charge is 2.21. The van der Waals surface area contributed by atoms with Crippen LogP contribution in [0.3, 0.4) is 0 Å². The van der Waals surface area contributed by atoms with Crippen LogP contribution in [0.4, 0.5) is 0 Å². The normalized spacial score (nSPS) is 19.1. The number of hydrogen-bond acceptors (Lipinski definition) is 3. The van der Waals surface area contributed by atoms with E-state index in [0.29, 0.717) is 0 Å². The maximum Gasteiger partial charge on any atom is 0.0981 e. The first-order chi connectivity index (χ1) is 7.34. The lowest BCUT2D eigenvalue weighted by Crippen LogP contribution is -1.94. The van der Waals surface area contributed by atoms with Gasteiger partial charge in [0.1, 0.15) is 0 Å². The molecule has 1 N–H and O–H groups in total. The first-order valence-corrected chi connectivity index (χ1v) is 5.04. The van der Waals surface area contributed by atoms with Gasteiger partial charge in [-0.15, -0.1) is 0 Å². The van der Waals surface area contributed by atoms with Crippen LogP contribution in [-0.2, 0) is 6.42 Å². The van der Waals surface area contributed by atoms with Crippen LogP contribution in [0.15, 0.2) is 35.3 Å². The second-order valence-corrected chi connectivity index (χ2v) is 3.83. The summed E-state index contributed by atoms with van der Waals surface area (Å²) in [5.74, 6) is 0. The molecule has 0 spiro atoms. The van der Waals surface area contributed by atoms with Crippen molar-refractivity contribution in [2.75, 3.05) is 0 Å². The maximum absolute atomic E-state index is 9.62. The molecule has 0 aromatic carbocycles. The van der Waals surface area contributed by atoms with Gasteiger partial charge in [-0.25, -0.2) is 0 Å². The van der Waals surface area contributed by atoms with Gasteiger partial charge in [0.25, 0.3) is 0 Å². The number of aryl methyl sites for hydroxylation is 1. The highest BCUT2D eigenvalue weighted by molar-refractivity contribution is 5.62. The van der Waals surface area contributed by atoms with Crippen molar-refractivity contribution < 1.29 is 9.52 Å². The minimum absolute atomic E-state index is 0.376. The number of aliphatic hydroxyl groups excluding tert-OH is 1. The van der Waals surface area contributed by atoms with Crippen molar-refractivity contribution in [2.45, 2.75) is 18.9 Å². The predicted molar refractivity (Wildman–Crippen MR) is 55.2 cm³/mol. The van der Waals surface area contributed by atoms with Gasteiger partial charge in [-0.05, 0) is 30.5 Å². The first-order valence-electron chi connectivity index (χ1n) is 5.04. The van der Waals surface area contributed by atoms with Gasteiger partial charge in [0.05, 0.1) is 24.3 Å². The smallest absolute Gasteiger partial charge is 0.0981 e. The Kier molecular flexibility index (Phi) is 1.86. The number of pyridine rings is 1. The van der Waals surface area contributed by atoms with E-state index in [9.17, 15) is 5.11 Å². The topological polar surface area (TPSA) is 46.3 Å². The summed E-state index contributed by atoms with van der Waals surface area (Å²) in [6, 6.07) is 4.00. The Morgan fingerprint density at radius 1 is 1.40 bits per heavy atom. The van der Waals surface area contributed by atoms with Gasteiger partial charge in [-0.3, -0.25) is 4.98 Å². The minimum Gasteiger partial charge on any atom is -0.472 e. The molecule has 0 bridgehead atoms. The highest BCUT2D eigenvalue weighted by Crippen LogP contribution is 2.31. The molecule has 3 heteroatoms. The molecule has 3 nitrogen and oxygen atoms in total. The average Bonchev–Trinajstić information content (AvgIpc) is 2.88. The first kappa shape index (κ1) is 8.68. The fourth-order valence-electron chi connectivity index (χ4n) is 2.04. The summed E-state index contributed by atoms with van der Waals surface area (Å²) in [7, 11) is 0.